The Kier molecular flexibility index (Phi) is 6.61. The molecule has 0 aliphatic carbocycles. The third kappa shape index (κ3) is 5.89. The number of para-hydroxylation sites is 1. The van der Waals surface area contributed by atoms with Crippen molar-refractivity contribution in [3.05, 3.63) is 78.4 Å². The molecular formula is C22H20F3NO3. The first-order valence-electron chi connectivity index (χ1n) is 8.95. The lowest BCUT2D eigenvalue weighted by molar-refractivity contribution is -0.275. The van der Waals surface area contributed by atoms with Crippen LogP contribution in [0.3, 0.4) is 0 Å². The molecule has 0 aliphatic rings. The predicted molar refractivity (Wildman–Crippen MR) is 104 cm³/mol. The van der Waals surface area contributed by atoms with E-state index in [4.69, 9.17) is 15.2 Å². The number of ether oxygens (including phenoxy) is 3. The second-order valence-corrected chi connectivity index (χ2v) is 6.12. The SMILES string of the molecule is NCCOc1cc(-c2ccccc2OCc2ccccc2)ccc1OC(F)(F)F. The average Bonchev–Trinajstić information content (AvgIpc) is 2.71. The number of halogens is 3. The molecule has 0 aliphatic heterocycles. The molecule has 0 fully saturated rings. The van der Waals surface area contributed by atoms with E-state index in [1.807, 2.05) is 48.5 Å². The van der Waals surface area contributed by atoms with Crippen LogP contribution in [-0.4, -0.2) is 19.5 Å². The molecule has 0 saturated heterocycles. The minimum absolute atomic E-state index is 0.0388. The summed E-state index contributed by atoms with van der Waals surface area (Å²) in [6.07, 6.45) is -4.82. The highest BCUT2D eigenvalue weighted by atomic mass is 19.4. The topological polar surface area (TPSA) is 53.7 Å². The zero-order valence-electron chi connectivity index (χ0n) is 15.5. The number of hydrogen-bond donors (Lipinski definition) is 1. The van der Waals surface area contributed by atoms with Gasteiger partial charge in [-0.25, -0.2) is 0 Å². The maximum absolute atomic E-state index is 12.7. The first-order chi connectivity index (χ1) is 14.0. The molecule has 2 N–H and O–H groups in total. The molecule has 29 heavy (non-hydrogen) atoms. The number of benzene rings is 3. The van der Waals surface area contributed by atoms with Crippen molar-refractivity contribution >= 4 is 0 Å². The van der Waals surface area contributed by atoms with Gasteiger partial charge in [-0.2, -0.15) is 0 Å². The number of nitrogens with two attached hydrogens (primary N) is 1. The second-order valence-electron chi connectivity index (χ2n) is 6.12. The molecular weight excluding hydrogens is 383 g/mol. The van der Waals surface area contributed by atoms with Crippen molar-refractivity contribution < 1.29 is 27.4 Å². The van der Waals surface area contributed by atoms with Gasteiger partial charge >= 0.3 is 6.36 Å². The lowest BCUT2D eigenvalue weighted by atomic mass is 10.0. The molecule has 0 amide bonds. The molecule has 0 bridgehead atoms. The molecule has 3 aromatic rings. The van der Waals surface area contributed by atoms with Crippen molar-refractivity contribution in [1.82, 2.24) is 0 Å². The Morgan fingerprint density at radius 3 is 2.21 bits per heavy atom. The minimum Gasteiger partial charge on any atom is -0.488 e. The second kappa shape index (κ2) is 9.34. The number of hydrogen-bond acceptors (Lipinski definition) is 4. The molecule has 4 nitrogen and oxygen atoms in total. The summed E-state index contributed by atoms with van der Waals surface area (Å²) >= 11 is 0. The quantitative estimate of drug-likeness (QED) is 0.564. The fraction of sp³-hybridized carbons (Fsp3) is 0.182. The van der Waals surface area contributed by atoms with Gasteiger partial charge in [0.2, 0.25) is 0 Å². The van der Waals surface area contributed by atoms with E-state index in [1.54, 1.807) is 6.07 Å². The first kappa shape index (κ1) is 20.5. The van der Waals surface area contributed by atoms with Gasteiger partial charge in [0.05, 0.1) is 0 Å². The van der Waals surface area contributed by atoms with Crippen molar-refractivity contribution in [3.63, 3.8) is 0 Å². The summed E-state index contributed by atoms with van der Waals surface area (Å²) in [6.45, 7) is 0.583. The van der Waals surface area contributed by atoms with Crippen molar-refractivity contribution in [2.75, 3.05) is 13.2 Å². The van der Waals surface area contributed by atoms with E-state index in [2.05, 4.69) is 4.74 Å². The van der Waals surface area contributed by atoms with Crippen LogP contribution >= 0.6 is 0 Å². The van der Waals surface area contributed by atoms with Crippen LogP contribution in [0.5, 0.6) is 17.2 Å². The van der Waals surface area contributed by atoms with Gasteiger partial charge in [-0.15, -0.1) is 13.2 Å². The highest BCUT2D eigenvalue weighted by Crippen LogP contribution is 2.38. The highest BCUT2D eigenvalue weighted by molar-refractivity contribution is 5.72. The number of alkyl halides is 3. The van der Waals surface area contributed by atoms with Gasteiger partial charge in [-0.1, -0.05) is 54.6 Å². The zero-order chi connectivity index (χ0) is 20.7. The molecule has 7 heteroatoms. The first-order valence-corrected chi connectivity index (χ1v) is 8.95. The summed E-state index contributed by atoms with van der Waals surface area (Å²) in [4.78, 5) is 0. The molecule has 0 spiro atoms. The van der Waals surface area contributed by atoms with Crippen LogP contribution in [0.15, 0.2) is 72.8 Å². The summed E-state index contributed by atoms with van der Waals surface area (Å²) in [5.41, 5.74) is 7.77. The molecule has 0 radical (unpaired) electrons. The summed E-state index contributed by atoms with van der Waals surface area (Å²) < 4.78 is 53.4. The molecule has 0 atom stereocenters. The normalized spacial score (nSPS) is 11.2. The van der Waals surface area contributed by atoms with Gasteiger partial charge in [-0.3, -0.25) is 0 Å². The van der Waals surface area contributed by atoms with E-state index in [-0.39, 0.29) is 18.9 Å². The fourth-order valence-electron chi connectivity index (χ4n) is 2.73. The lowest BCUT2D eigenvalue weighted by Crippen LogP contribution is -2.18. The number of rotatable bonds is 8. The largest absolute Gasteiger partial charge is 0.573 e. The van der Waals surface area contributed by atoms with Crippen LogP contribution in [-0.2, 0) is 6.61 Å². The van der Waals surface area contributed by atoms with E-state index >= 15 is 0 Å². The third-order valence-corrected chi connectivity index (χ3v) is 3.98. The van der Waals surface area contributed by atoms with Crippen LogP contribution in [0.2, 0.25) is 0 Å². The van der Waals surface area contributed by atoms with Crippen LogP contribution in [0.4, 0.5) is 13.2 Å². The predicted octanol–water partition coefficient (Wildman–Crippen LogP) is 5.17. The van der Waals surface area contributed by atoms with Crippen molar-refractivity contribution in [1.29, 1.82) is 0 Å². The zero-order valence-corrected chi connectivity index (χ0v) is 15.5. The van der Waals surface area contributed by atoms with E-state index < -0.39 is 12.1 Å². The Bertz CT molecular complexity index is 930. The van der Waals surface area contributed by atoms with Gasteiger partial charge < -0.3 is 19.9 Å². The van der Waals surface area contributed by atoms with Crippen molar-refractivity contribution in [2.45, 2.75) is 13.0 Å². The average molecular weight is 403 g/mol. The van der Waals surface area contributed by atoms with Gasteiger partial charge in [0.25, 0.3) is 0 Å². The van der Waals surface area contributed by atoms with Crippen molar-refractivity contribution in [3.8, 4) is 28.4 Å². The smallest absolute Gasteiger partial charge is 0.488 e. The molecule has 152 valence electrons. The summed E-state index contributed by atoms with van der Waals surface area (Å²) in [6, 6.07) is 21.2. The van der Waals surface area contributed by atoms with Crippen LogP contribution in [0.1, 0.15) is 5.56 Å². The lowest BCUT2D eigenvalue weighted by Gasteiger charge is -2.16. The Balaban J connectivity index is 1.89. The van der Waals surface area contributed by atoms with Gasteiger partial charge in [0, 0.05) is 12.1 Å². The van der Waals surface area contributed by atoms with Gasteiger partial charge in [-0.05, 0) is 29.3 Å². The standard InChI is InChI=1S/C22H20F3NO3/c23-22(24,25)29-20-11-10-17(14-21(20)27-13-12-26)18-8-4-5-9-19(18)28-15-16-6-2-1-3-7-16/h1-11,14H,12-13,15,26H2. The van der Waals surface area contributed by atoms with Crippen LogP contribution in [0, 0.1) is 0 Å². The van der Waals surface area contributed by atoms with Gasteiger partial charge in [0.15, 0.2) is 11.5 Å². The Morgan fingerprint density at radius 2 is 1.48 bits per heavy atom. The molecule has 0 heterocycles. The Morgan fingerprint density at radius 1 is 0.759 bits per heavy atom. The van der Waals surface area contributed by atoms with E-state index in [0.717, 1.165) is 11.1 Å². The fourth-order valence-corrected chi connectivity index (χ4v) is 2.73. The molecule has 0 saturated carbocycles. The van der Waals surface area contributed by atoms with Crippen molar-refractivity contribution in [2.24, 2.45) is 5.73 Å². The summed E-state index contributed by atoms with van der Waals surface area (Å²) in [7, 11) is 0. The molecule has 0 aromatic heterocycles. The van der Waals surface area contributed by atoms with Crippen LogP contribution < -0.4 is 19.9 Å². The van der Waals surface area contributed by atoms with E-state index in [1.165, 1.54) is 18.2 Å². The Hall–Kier alpha value is -3.19. The van der Waals surface area contributed by atoms with E-state index in [0.29, 0.717) is 17.9 Å². The van der Waals surface area contributed by atoms with Gasteiger partial charge in [0.1, 0.15) is 19.0 Å². The summed E-state index contributed by atoms with van der Waals surface area (Å²) in [5.74, 6) is 0.145. The monoisotopic (exact) mass is 403 g/mol. The minimum atomic E-state index is -4.82. The maximum atomic E-state index is 12.7. The molecule has 0 unspecified atom stereocenters. The third-order valence-electron chi connectivity index (χ3n) is 3.98. The molecule has 3 rings (SSSR count). The summed E-state index contributed by atoms with van der Waals surface area (Å²) in [5, 5.41) is 0. The molecule has 3 aromatic carbocycles. The Labute approximate surface area is 166 Å². The highest BCUT2D eigenvalue weighted by Gasteiger charge is 2.32. The van der Waals surface area contributed by atoms with E-state index in [9.17, 15) is 13.2 Å². The maximum Gasteiger partial charge on any atom is 0.573 e. The van der Waals surface area contributed by atoms with Crippen LogP contribution in [0.25, 0.3) is 11.1 Å².